The van der Waals surface area contributed by atoms with Crippen LogP contribution >= 0.6 is 23.2 Å². The van der Waals surface area contributed by atoms with Gasteiger partial charge in [0.25, 0.3) is 0 Å². The second-order valence-corrected chi connectivity index (χ2v) is 3.32. The zero-order valence-electron chi connectivity index (χ0n) is 9.65. The molecule has 1 aromatic carbocycles. The minimum atomic E-state index is 0.492. The minimum Gasteiger partial charge on any atom is -0.493 e. The molecule has 0 N–H and O–H groups in total. The SMILES string of the molecule is CC.COc1cc(Cl)c(C)c(Cl)c1OC. The van der Waals surface area contributed by atoms with Crippen LogP contribution < -0.4 is 9.47 Å². The first-order chi connectivity index (χ1) is 7.11. The molecule has 0 unspecified atom stereocenters. The highest BCUT2D eigenvalue weighted by Crippen LogP contribution is 2.40. The Morgan fingerprint density at radius 1 is 1.07 bits per heavy atom. The fourth-order valence-corrected chi connectivity index (χ4v) is 1.53. The predicted octanol–water partition coefficient (Wildman–Crippen LogP) is 4.35. The van der Waals surface area contributed by atoms with E-state index in [0.717, 1.165) is 5.56 Å². The molecule has 2 nitrogen and oxygen atoms in total. The Morgan fingerprint density at radius 2 is 1.60 bits per heavy atom. The van der Waals surface area contributed by atoms with Crippen LogP contribution in [0.3, 0.4) is 0 Å². The lowest BCUT2D eigenvalue weighted by Gasteiger charge is -2.11. The molecule has 0 spiro atoms. The van der Waals surface area contributed by atoms with Gasteiger partial charge in [0.15, 0.2) is 11.5 Å². The van der Waals surface area contributed by atoms with E-state index in [1.807, 2.05) is 20.8 Å². The molecular weight excluding hydrogens is 235 g/mol. The van der Waals surface area contributed by atoms with Crippen LogP contribution in [-0.4, -0.2) is 14.2 Å². The lowest BCUT2D eigenvalue weighted by Crippen LogP contribution is -1.93. The number of halogens is 2. The topological polar surface area (TPSA) is 18.5 Å². The largest absolute Gasteiger partial charge is 0.493 e. The highest BCUT2D eigenvalue weighted by Gasteiger charge is 2.13. The van der Waals surface area contributed by atoms with Gasteiger partial charge in [0.05, 0.1) is 19.2 Å². The number of methoxy groups -OCH3 is 2. The Labute approximate surface area is 101 Å². The molecule has 0 saturated heterocycles. The fraction of sp³-hybridized carbons (Fsp3) is 0.455. The van der Waals surface area contributed by atoms with Crippen molar-refractivity contribution >= 4 is 23.2 Å². The van der Waals surface area contributed by atoms with Crippen molar-refractivity contribution in [2.75, 3.05) is 14.2 Å². The zero-order valence-corrected chi connectivity index (χ0v) is 11.2. The molecule has 86 valence electrons. The summed E-state index contributed by atoms with van der Waals surface area (Å²) < 4.78 is 10.1. The maximum absolute atomic E-state index is 5.99. The van der Waals surface area contributed by atoms with Gasteiger partial charge in [-0.15, -0.1) is 0 Å². The molecule has 0 saturated carbocycles. The van der Waals surface area contributed by atoms with Crippen LogP contribution in [0.15, 0.2) is 6.07 Å². The molecule has 15 heavy (non-hydrogen) atoms. The van der Waals surface area contributed by atoms with Crippen LogP contribution in [0, 0.1) is 6.92 Å². The molecule has 0 aromatic heterocycles. The van der Waals surface area contributed by atoms with Crippen molar-refractivity contribution in [1.82, 2.24) is 0 Å². The average Bonchev–Trinajstić information content (AvgIpc) is 2.28. The quantitative estimate of drug-likeness (QED) is 0.778. The van der Waals surface area contributed by atoms with Crippen LogP contribution in [0.1, 0.15) is 19.4 Å². The van der Waals surface area contributed by atoms with E-state index < -0.39 is 0 Å². The van der Waals surface area contributed by atoms with E-state index in [0.29, 0.717) is 21.5 Å². The third-order valence-corrected chi connectivity index (χ3v) is 2.64. The summed E-state index contributed by atoms with van der Waals surface area (Å²) in [5.41, 5.74) is 0.793. The van der Waals surface area contributed by atoms with Crippen molar-refractivity contribution in [1.29, 1.82) is 0 Å². The first-order valence-electron chi connectivity index (χ1n) is 4.68. The first-order valence-corrected chi connectivity index (χ1v) is 5.44. The smallest absolute Gasteiger partial charge is 0.179 e. The fourth-order valence-electron chi connectivity index (χ4n) is 1.01. The predicted molar refractivity (Wildman–Crippen MR) is 65.7 cm³/mol. The second kappa shape index (κ2) is 6.81. The standard InChI is InChI=1S/C9H10Cl2O2.C2H6/c1-5-6(10)4-7(12-2)9(13-3)8(5)11;1-2/h4H,1-3H3;1-2H3. The van der Waals surface area contributed by atoms with Gasteiger partial charge in [-0.2, -0.15) is 0 Å². The van der Waals surface area contributed by atoms with E-state index >= 15 is 0 Å². The highest BCUT2D eigenvalue weighted by atomic mass is 35.5. The average molecular weight is 251 g/mol. The number of benzene rings is 1. The summed E-state index contributed by atoms with van der Waals surface area (Å²) in [7, 11) is 3.08. The third kappa shape index (κ3) is 3.18. The van der Waals surface area contributed by atoms with Crippen LogP contribution in [0.5, 0.6) is 11.5 Å². The van der Waals surface area contributed by atoms with Crippen LogP contribution in [0.4, 0.5) is 0 Å². The minimum absolute atomic E-state index is 0.492. The van der Waals surface area contributed by atoms with Crippen LogP contribution in [0.25, 0.3) is 0 Å². The van der Waals surface area contributed by atoms with Crippen molar-refractivity contribution < 1.29 is 9.47 Å². The Bertz CT molecular complexity index is 325. The van der Waals surface area contributed by atoms with Crippen molar-refractivity contribution in [2.45, 2.75) is 20.8 Å². The van der Waals surface area contributed by atoms with E-state index in [1.165, 1.54) is 7.11 Å². The molecule has 0 atom stereocenters. The number of rotatable bonds is 2. The Morgan fingerprint density at radius 3 is 2.00 bits per heavy atom. The molecule has 1 rings (SSSR count). The summed E-state index contributed by atoms with van der Waals surface area (Å²) in [6.07, 6.45) is 0. The van der Waals surface area contributed by atoms with Crippen molar-refractivity contribution in [3.8, 4) is 11.5 Å². The molecule has 0 fully saturated rings. The molecule has 0 aliphatic heterocycles. The van der Waals surface area contributed by atoms with E-state index in [2.05, 4.69) is 0 Å². The zero-order chi connectivity index (χ0) is 12.0. The Kier molecular flexibility index (Phi) is 6.53. The molecule has 0 heterocycles. The maximum Gasteiger partial charge on any atom is 0.179 e. The normalized spacial score (nSPS) is 9.00. The summed E-state index contributed by atoms with van der Waals surface area (Å²) >= 11 is 11.9. The van der Waals surface area contributed by atoms with Crippen LogP contribution in [-0.2, 0) is 0 Å². The number of ether oxygens (including phenoxy) is 2. The Balaban J connectivity index is 0.000000921. The van der Waals surface area contributed by atoms with Gasteiger partial charge in [0.1, 0.15) is 0 Å². The lowest BCUT2D eigenvalue weighted by atomic mass is 10.2. The number of hydrogen-bond acceptors (Lipinski definition) is 2. The van der Waals surface area contributed by atoms with Crippen molar-refractivity contribution in [3.05, 3.63) is 21.7 Å². The van der Waals surface area contributed by atoms with Crippen molar-refractivity contribution in [3.63, 3.8) is 0 Å². The van der Waals surface area contributed by atoms with E-state index in [1.54, 1.807) is 13.2 Å². The van der Waals surface area contributed by atoms with Gasteiger partial charge in [-0.1, -0.05) is 37.0 Å². The summed E-state index contributed by atoms with van der Waals surface area (Å²) in [6.45, 7) is 5.83. The van der Waals surface area contributed by atoms with Gasteiger partial charge in [-0.25, -0.2) is 0 Å². The molecule has 1 aromatic rings. The van der Waals surface area contributed by atoms with E-state index in [-0.39, 0.29) is 0 Å². The van der Waals surface area contributed by atoms with Gasteiger partial charge >= 0.3 is 0 Å². The first kappa shape index (κ1) is 14.4. The molecular formula is C11H16Cl2O2. The monoisotopic (exact) mass is 250 g/mol. The summed E-state index contributed by atoms with van der Waals surface area (Å²) in [5.74, 6) is 1.06. The molecule has 4 heteroatoms. The lowest BCUT2D eigenvalue weighted by molar-refractivity contribution is 0.355. The van der Waals surface area contributed by atoms with Crippen LogP contribution in [0.2, 0.25) is 10.0 Å². The molecule has 0 radical (unpaired) electrons. The van der Waals surface area contributed by atoms with E-state index in [4.69, 9.17) is 32.7 Å². The molecule has 0 aliphatic rings. The summed E-state index contributed by atoms with van der Waals surface area (Å²) in [4.78, 5) is 0. The molecule has 0 amide bonds. The van der Waals surface area contributed by atoms with Gasteiger partial charge in [0.2, 0.25) is 0 Å². The summed E-state index contributed by atoms with van der Waals surface area (Å²) in [6, 6.07) is 1.68. The van der Waals surface area contributed by atoms with Gasteiger partial charge in [0, 0.05) is 11.1 Å². The molecule has 0 aliphatic carbocycles. The Hall–Kier alpha value is -0.600. The highest BCUT2D eigenvalue weighted by molar-refractivity contribution is 6.37. The van der Waals surface area contributed by atoms with Gasteiger partial charge in [-0.3, -0.25) is 0 Å². The number of hydrogen-bond donors (Lipinski definition) is 0. The molecule has 0 bridgehead atoms. The van der Waals surface area contributed by atoms with Crippen molar-refractivity contribution in [2.24, 2.45) is 0 Å². The van der Waals surface area contributed by atoms with Gasteiger partial charge in [-0.05, 0) is 12.5 Å². The summed E-state index contributed by atoms with van der Waals surface area (Å²) in [5, 5.41) is 1.06. The second-order valence-electron chi connectivity index (χ2n) is 2.53. The third-order valence-electron chi connectivity index (χ3n) is 1.79. The van der Waals surface area contributed by atoms with Gasteiger partial charge < -0.3 is 9.47 Å². The maximum atomic E-state index is 5.99. The van der Waals surface area contributed by atoms with E-state index in [9.17, 15) is 0 Å².